The van der Waals surface area contributed by atoms with Crippen LogP contribution in [0.15, 0.2) is 78.9 Å². The van der Waals surface area contributed by atoms with E-state index in [-0.39, 0.29) is 5.91 Å². The maximum absolute atomic E-state index is 12.1. The zero-order valence-corrected chi connectivity index (χ0v) is 16.6. The summed E-state index contributed by atoms with van der Waals surface area (Å²) in [6.07, 6.45) is 0.411. The van der Waals surface area contributed by atoms with Gasteiger partial charge in [0.15, 0.2) is 0 Å². The third kappa shape index (κ3) is 6.46. The molecule has 3 aromatic rings. The number of hydrogen-bond donors (Lipinski definition) is 1. The van der Waals surface area contributed by atoms with Gasteiger partial charge >= 0.3 is 0 Å². The van der Waals surface area contributed by atoms with Crippen LogP contribution in [-0.4, -0.2) is 18.2 Å². The van der Waals surface area contributed by atoms with Gasteiger partial charge in [0.2, 0.25) is 5.91 Å². The Morgan fingerprint density at radius 2 is 1.59 bits per heavy atom. The molecule has 0 heterocycles. The molecule has 0 radical (unpaired) electrons. The Hall–Kier alpha value is -2.23. The van der Waals surface area contributed by atoms with Crippen molar-refractivity contribution in [2.75, 3.05) is 12.3 Å². The van der Waals surface area contributed by atoms with E-state index in [1.54, 1.807) is 11.8 Å². The highest BCUT2D eigenvalue weighted by molar-refractivity contribution is 7.98. The van der Waals surface area contributed by atoms with E-state index < -0.39 is 0 Å². The molecular weight excluding hydrogens is 374 g/mol. The minimum atomic E-state index is 0.0609. The van der Waals surface area contributed by atoms with Gasteiger partial charge in [0.05, 0.1) is 6.42 Å². The summed E-state index contributed by atoms with van der Waals surface area (Å²) in [5.74, 6) is 1.84. The molecule has 4 heteroatoms. The predicted octanol–water partition coefficient (Wildman–Crippen LogP) is 5.60. The summed E-state index contributed by atoms with van der Waals surface area (Å²) in [4.78, 5) is 12.1. The Bertz CT molecular complexity index is 865. The summed E-state index contributed by atoms with van der Waals surface area (Å²) in [5, 5.41) is 3.75. The van der Waals surface area contributed by atoms with Crippen LogP contribution in [0, 0.1) is 0 Å². The first kappa shape index (κ1) is 19.5. The van der Waals surface area contributed by atoms with E-state index in [1.165, 1.54) is 11.1 Å². The van der Waals surface area contributed by atoms with E-state index in [4.69, 9.17) is 11.6 Å². The van der Waals surface area contributed by atoms with Crippen molar-refractivity contribution in [3.63, 3.8) is 0 Å². The topological polar surface area (TPSA) is 29.1 Å². The number of amides is 1. The zero-order valence-electron chi connectivity index (χ0n) is 15.0. The van der Waals surface area contributed by atoms with Crippen molar-refractivity contribution in [1.29, 1.82) is 0 Å². The lowest BCUT2D eigenvalue weighted by Crippen LogP contribution is -2.27. The van der Waals surface area contributed by atoms with E-state index in [2.05, 4.69) is 35.6 Å². The molecule has 2 nitrogen and oxygen atoms in total. The van der Waals surface area contributed by atoms with Crippen LogP contribution in [0.3, 0.4) is 0 Å². The summed E-state index contributed by atoms with van der Waals surface area (Å²) < 4.78 is 0. The van der Waals surface area contributed by atoms with Crippen LogP contribution < -0.4 is 5.32 Å². The normalized spacial score (nSPS) is 10.6. The molecule has 0 aliphatic heterocycles. The molecule has 0 aliphatic carbocycles. The highest BCUT2D eigenvalue weighted by Crippen LogP contribution is 2.19. The second-order valence-corrected chi connectivity index (χ2v) is 7.81. The van der Waals surface area contributed by atoms with E-state index in [0.29, 0.717) is 13.0 Å². The van der Waals surface area contributed by atoms with Crippen LogP contribution in [0.5, 0.6) is 0 Å². The molecule has 27 heavy (non-hydrogen) atoms. The van der Waals surface area contributed by atoms with Gasteiger partial charge in [-0.25, -0.2) is 0 Å². The van der Waals surface area contributed by atoms with Gasteiger partial charge in [0.1, 0.15) is 0 Å². The SMILES string of the molecule is O=C(Cc1ccc(-c2ccccc2)cc1)NCCSCc1cccc(Cl)c1. The van der Waals surface area contributed by atoms with Gasteiger partial charge in [-0.2, -0.15) is 11.8 Å². The summed E-state index contributed by atoms with van der Waals surface area (Å²) in [5.41, 5.74) is 4.58. The molecule has 0 unspecified atom stereocenters. The first-order valence-corrected chi connectivity index (χ1v) is 10.5. The first-order valence-electron chi connectivity index (χ1n) is 8.94. The quantitative estimate of drug-likeness (QED) is 0.503. The molecule has 0 saturated heterocycles. The largest absolute Gasteiger partial charge is 0.355 e. The molecule has 0 aromatic heterocycles. The second-order valence-electron chi connectivity index (χ2n) is 6.27. The molecular formula is C23H22ClNOS. The number of nitrogens with one attached hydrogen (secondary N) is 1. The van der Waals surface area contributed by atoms with E-state index in [9.17, 15) is 4.79 Å². The van der Waals surface area contributed by atoms with Crippen molar-refractivity contribution >= 4 is 29.3 Å². The third-order valence-electron chi connectivity index (χ3n) is 4.15. The van der Waals surface area contributed by atoms with E-state index in [0.717, 1.165) is 27.7 Å². The van der Waals surface area contributed by atoms with Crippen molar-refractivity contribution in [3.05, 3.63) is 95.0 Å². The van der Waals surface area contributed by atoms with Crippen LogP contribution in [0.4, 0.5) is 0 Å². The molecule has 3 rings (SSSR count). The van der Waals surface area contributed by atoms with Gasteiger partial charge in [-0.05, 0) is 34.4 Å². The Morgan fingerprint density at radius 1 is 0.852 bits per heavy atom. The maximum Gasteiger partial charge on any atom is 0.224 e. The van der Waals surface area contributed by atoms with Crippen molar-refractivity contribution in [2.24, 2.45) is 0 Å². The summed E-state index contributed by atoms with van der Waals surface area (Å²) in [6.45, 7) is 0.673. The average Bonchev–Trinajstić information content (AvgIpc) is 2.69. The first-order chi connectivity index (χ1) is 13.2. The molecule has 0 aliphatic rings. The maximum atomic E-state index is 12.1. The van der Waals surface area contributed by atoms with Crippen molar-refractivity contribution in [1.82, 2.24) is 5.32 Å². The van der Waals surface area contributed by atoms with Crippen molar-refractivity contribution in [2.45, 2.75) is 12.2 Å². The molecule has 138 valence electrons. The number of carbonyl (C=O) groups is 1. The van der Waals surface area contributed by atoms with E-state index >= 15 is 0 Å². The fourth-order valence-corrected chi connectivity index (χ4v) is 3.79. The Labute approximate surface area is 170 Å². The van der Waals surface area contributed by atoms with Crippen molar-refractivity contribution in [3.8, 4) is 11.1 Å². The van der Waals surface area contributed by atoms with Gasteiger partial charge in [0, 0.05) is 23.1 Å². The lowest BCUT2D eigenvalue weighted by Gasteiger charge is -2.07. The fourth-order valence-electron chi connectivity index (χ4n) is 2.77. The van der Waals surface area contributed by atoms with Gasteiger partial charge < -0.3 is 5.32 Å². The van der Waals surface area contributed by atoms with Gasteiger partial charge in [0.25, 0.3) is 0 Å². The van der Waals surface area contributed by atoms with Crippen LogP contribution in [0.1, 0.15) is 11.1 Å². The highest BCUT2D eigenvalue weighted by atomic mass is 35.5. The minimum absolute atomic E-state index is 0.0609. The molecule has 0 spiro atoms. The van der Waals surface area contributed by atoms with Crippen LogP contribution >= 0.6 is 23.4 Å². The number of rotatable bonds is 8. The molecule has 3 aromatic carbocycles. The summed E-state index contributed by atoms with van der Waals surface area (Å²) >= 11 is 7.77. The van der Waals surface area contributed by atoms with Gasteiger partial charge in [-0.1, -0.05) is 78.3 Å². The van der Waals surface area contributed by atoms with Crippen LogP contribution in [0.25, 0.3) is 11.1 Å². The molecule has 0 bridgehead atoms. The average molecular weight is 396 g/mol. The fraction of sp³-hybridized carbons (Fsp3) is 0.174. The molecule has 1 N–H and O–H groups in total. The number of thioether (sulfide) groups is 1. The monoisotopic (exact) mass is 395 g/mol. The second kappa shape index (κ2) is 10.2. The lowest BCUT2D eigenvalue weighted by atomic mass is 10.0. The molecule has 0 atom stereocenters. The Kier molecular flexibility index (Phi) is 7.37. The molecule has 1 amide bonds. The van der Waals surface area contributed by atoms with Crippen molar-refractivity contribution < 1.29 is 4.79 Å². The lowest BCUT2D eigenvalue weighted by molar-refractivity contribution is -0.120. The number of carbonyl (C=O) groups excluding carboxylic acids is 1. The summed E-state index contributed by atoms with van der Waals surface area (Å²) in [6, 6.07) is 26.3. The molecule has 0 fully saturated rings. The van der Waals surface area contributed by atoms with Gasteiger partial charge in [-0.3, -0.25) is 4.79 Å². The summed E-state index contributed by atoms with van der Waals surface area (Å²) in [7, 11) is 0. The van der Waals surface area contributed by atoms with E-state index in [1.807, 2.05) is 48.5 Å². The number of halogens is 1. The molecule has 0 saturated carbocycles. The highest BCUT2D eigenvalue weighted by Gasteiger charge is 2.04. The smallest absolute Gasteiger partial charge is 0.224 e. The van der Waals surface area contributed by atoms with Gasteiger partial charge in [-0.15, -0.1) is 0 Å². The minimum Gasteiger partial charge on any atom is -0.355 e. The Morgan fingerprint density at radius 3 is 2.33 bits per heavy atom. The predicted molar refractivity (Wildman–Crippen MR) is 116 cm³/mol. The number of benzene rings is 3. The van der Waals surface area contributed by atoms with Crippen LogP contribution in [-0.2, 0) is 17.0 Å². The Balaban J connectivity index is 1.38. The third-order valence-corrected chi connectivity index (χ3v) is 5.42. The standard InChI is InChI=1S/C23H22ClNOS/c24-22-8-4-5-19(15-22)17-27-14-13-25-23(26)16-18-9-11-21(12-10-18)20-6-2-1-3-7-20/h1-12,15H,13-14,16-17H2,(H,25,26). The van der Waals surface area contributed by atoms with Crippen LogP contribution in [0.2, 0.25) is 5.02 Å². The zero-order chi connectivity index (χ0) is 18.9. The number of hydrogen-bond acceptors (Lipinski definition) is 2.